The SMILES string of the molecule is C[C@H]1OCCC[C@@H]1NC=O. The molecule has 1 rings (SSSR count). The molecule has 1 aliphatic rings. The van der Waals surface area contributed by atoms with Crippen molar-refractivity contribution in [3.63, 3.8) is 0 Å². The lowest BCUT2D eigenvalue weighted by atomic mass is 10.0. The highest BCUT2D eigenvalue weighted by Crippen LogP contribution is 2.12. The Morgan fingerprint density at radius 1 is 1.70 bits per heavy atom. The molecule has 0 bridgehead atoms. The molecule has 2 atom stereocenters. The lowest BCUT2D eigenvalue weighted by Gasteiger charge is -2.28. The van der Waals surface area contributed by atoms with Gasteiger partial charge in [-0.25, -0.2) is 0 Å². The fourth-order valence-corrected chi connectivity index (χ4v) is 1.23. The molecule has 1 fully saturated rings. The molecular weight excluding hydrogens is 130 g/mol. The van der Waals surface area contributed by atoms with Crippen LogP contribution in [0.15, 0.2) is 0 Å². The van der Waals surface area contributed by atoms with Crippen molar-refractivity contribution >= 4 is 6.41 Å². The Hall–Kier alpha value is -0.570. The molecule has 0 radical (unpaired) electrons. The first kappa shape index (κ1) is 7.54. The van der Waals surface area contributed by atoms with Gasteiger partial charge in [0.1, 0.15) is 0 Å². The summed E-state index contributed by atoms with van der Waals surface area (Å²) >= 11 is 0. The molecule has 58 valence electrons. The predicted octanol–water partition coefficient (Wildman–Crippen LogP) is 0.300. The number of ether oxygens (including phenoxy) is 1. The van der Waals surface area contributed by atoms with Gasteiger partial charge in [0.25, 0.3) is 0 Å². The second-order valence-corrected chi connectivity index (χ2v) is 2.61. The Morgan fingerprint density at radius 2 is 2.50 bits per heavy atom. The van der Waals surface area contributed by atoms with Gasteiger partial charge in [0.05, 0.1) is 12.1 Å². The van der Waals surface area contributed by atoms with Crippen molar-refractivity contribution in [2.45, 2.75) is 31.9 Å². The molecule has 10 heavy (non-hydrogen) atoms. The van der Waals surface area contributed by atoms with Crippen LogP contribution < -0.4 is 5.32 Å². The Kier molecular flexibility index (Phi) is 2.68. The summed E-state index contributed by atoms with van der Waals surface area (Å²) in [6, 6.07) is 0.228. The molecule has 0 aromatic rings. The van der Waals surface area contributed by atoms with Gasteiger partial charge in [0.2, 0.25) is 6.41 Å². The highest BCUT2D eigenvalue weighted by Gasteiger charge is 2.20. The maximum Gasteiger partial charge on any atom is 0.207 e. The first-order valence-corrected chi connectivity index (χ1v) is 3.66. The Morgan fingerprint density at radius 3 is 3.10 bits per heavy atom. The first-order valence-electron chi connectivity index (χ1n) is 3.66. The molecule has 0 saturated carbocycles. The van der Waals surface area contributed by atoms with Gasteiger partial charge in [-0.2, -0.15) is 0 Å². The van der Waals surface area contributed by atoms with Crippen LogP contribution in [0.2, 0.25) is 0 Å². The third-order valence-electron chi connectivity index (χ3n) is 1.89. The van der Waals surface area contributed by atoms with E-state index in [-0.39, 0.29) is 12.1 Å². The van der Waals surface area contributed by atoms with E-state index in [1.165, 1.54) is 0 Å². The number of hydrogen-bond donors (Lipinski definition) is 1. The molecule has 0 unspecified atom stereocenters. The number of rotatable bonds is 2. The molecule has 0 aromatic carbocycles. The zero-order valence-corrected chi connectivity index (χ0v) is 6.17. The quantitative estimate of drug-likeness (QED) is 0.564. The Balaban J connectivity index is 2.32. The molecule has 3 heteroatoms. The maximum atomic E-state index is 10.1. The van der Waals surface area contributed by atoms with Crippen LogP contribution in [0.1, 0.15) is 19.8 Å². The van der Waals surface area contributed by atoms with Gasteiger partial charge in [-0.05, 0) is 19.8 Å². The lowest BCUT2D eigenvalue weighted by Crippen LogP contribution is -2.42. The Labute approximate surface area is 60.7 Å². The van der Waals surface area contributed by atoms with Gasteiger partial charge in [0, 0.05) is 6.61 Å². The average molecular weight is 143 g/mol. The highest BCUT2D eigenvalue weighted by molar-refractivity contribution is 5.46. The van der Waals surface area contributed by atoms with Crippen LogP contribution in [0.3, 0.4) is 0 Å². The minimum Gasteiger partial charge on any atom is -0.376 e. The van der Waals surface area contributed by atoms with E-state index in [0.717, 1.165) is 25.9 Å². The van der Waals surface area contributed by atoms with Crippen LogP contribution in [0.25, 0.3) is 0 Å². The maximum absolute atomic E-state index is 10.1. The third-order valence-corrected chi connectivity index (χ3v) is 1.89. The smallest absolute Gasteiger partial charge is 0.207 e. The van der Waals surface area contributed by atoms with E-state index in [1.54, 1.807) is 0 Å². The molecule has 0 aliphatic carbocycles. The largest absolute Gasteiger partial charge is 0.376 e. The lowest BCUT2D eigenvalue weighted by molar-refractivity contribution is -0.112. The number of carbonyl (C=O) groups excluding carboxylic acids is 1. The fraction of sp³-hybridized carbons (Fsp3) is 0.857. The summed E-state index contributed by atoms with van der Waals surface area (Å²) < 4.78 is 5.32. The van der Waals surface area contributed by atoms with Crippen LogP contribution in [0.4, 0.5) is 0 Å². The van der Waals surface area contributed by atoms with Gasteiger partial charge in [0.15, 0.2) is 0 Å². The summed E-state index contributed by atoms with van der Waals surface area (Å²) in [5.41, 5.74) is 0. The second-order valence-electron chi connectivity index (χ2n) is 2.61. The molecule has 1 amide bonds. The number of amides is 1. The average Bonchev–Trinajstić information content (AvgIpc) is 1.94. The summed E-state index contributed by atoms with van der Waals surface area (Å²) in [6.07, 6.45) is 3.02. The van der Waals surface area contributed by atoms with Gasteiger partial charge in [-0.15, -0.1) is 0 Å². The van der Waals surface area contributed by atoms with Crippen LogP contribution in [0, 0.1) is 0 Å². The topological polar surface area (TPSA) is 38.3 Å². The predicted molar refractivity (Wildman–Crippen MR) is 37.6 cm³/mol. The zero-order chi connectivity index (χ0) is 7.40. The van der Waals surface area contributed by atoms with Crippen molar-refractivity contribution in [1.29, 1.82) is 0 Å². The van der Waals surface area contributed by atoms with Crippen LogP contribution in [-0.4, -0.2) is 25.2 Å². The summed E-state index contributed by atoms with van der Waals surface area (Å²) in [5.74, 6) is 0. The van der Waals surface area contributed by atoms with Crippen molar-refractivity contribution in [3.8, 4) is 0 Å². The van der Waals surface area contributed by atoms with Crippen LogP contribution >= 0.6 is 0 Å². The number of nitrogens with one attached hydrogen (secondary N) is 1. The zero-order valence-electron chi connectivity index (χ0n) is 6.17. The molecule has 1 saturated heterocycles. The van der Waals surface area contributed by atoms with E-state index in [0.29, 0.717) is 0 Å². The van der Waals surface area contributed by atoms with E-state index in [9.17, 15) is 4.79 Å². The van der Waals surface area contributed by atoms with E-state index in [1.807, 2.05) is 6.92 Å². The van der Waals surface area contributed by atoms with Crippen molar-refractivity contribution in [3.05, 3.63) is 0 Å². The summed E-state index contributed by atoms with van der Waals surface area (Å²) in [4.78, 5) is 10.1. The summed E-state index contributed by atoms with van der Waals surface area (Å²) in [5, 5.41) is 2.73. The summed E-state index contributed by atoms with van der Waals surface area (Å²) in [7, 11) is 0. The van der Waals surface area contributed by atoms with E-state index in [2.05, 4.69) is 5.32 Å². The molecule has 3 nitrogen and oxygen atoms in total. The second kappa shape index (κ2) is 3.56. The van der Waals surface area contributed by atoms with Crippen LogP contribution in [-0.2, 0) is 9.53 Å². The van der Waals surface area contributed by atoms with Crippen molar-refractivity contribution in [2.24, 2.45) is 0 Å². The molecule has 0 spiro atoms. The van der Waals surface area contributed by atoms with E-state index in [4.69, 9.17) is 4.74 Å². The number of carbonyl (C=O) groups is 1. The molecule has 1 aliphatic heterocycles. The van der Waals surface area contributed by atoms with Gasteiger partial charge in [-0.1, -0.05) is 0 Å². The monoisotopic (exact) mass is 143 g/mol. The molecular formula is C7H13NO2. The minimum atomic E-state index is 0.180. The molecule has 1 N–H and O–H groups in total. The highest BCUT2D eigenvalue weighted by atomic mass is 16.5. The molecule has 1 heterocycles. The van der Waals surface area contributed by atoms with Crippen molar-refractivity contribution in [2.75, 3.05) is 6.61 Å². The first-order chi connectivity index (χ1) is 4.84. The Bertz CT molecular complexity index is 116. The standard InChI is InChI=1S/C7H13NO2/c1-6-7(8-5-9)3-2-4-10-6/h5-7H,2-4H2,1H3,(H,8,9)/t6-,7+/m1/s1. The van der Waals surface area contributed by atoms with Crippen molar-refractivity contribution in [1.82, 2.24) is 5.32 Å². The van der Waals surface area contributed by atoms with Crippen LogP contribution in [0.5, 0.6) is 0 Å². The van der Waals surface area contributed by atoms with E-state index >= 15 is 0 Å². The van der Waals surface area contributed by atoms with Gasteiger partial charge >= 0.3 is 0 Å². The van der Waals surface area contributed by atoms with E-state index < -0.39 is 0 Å². The minimum absolute atomic E-state index is 0.180. The third kappa shape index (κ3) is 1.70. The van der Waals surface area contributed by atoms with Gasteiger partial charge < -0.3 is 10.1 Å². The van der Waals surface area contributed by atoms with Gasteiger partial charge in [-0.3, -0.25) is 4.79 Å². The summed E-state index contributed by atoms with van der Waals surface area (Å²) in [6.45, 7) is 2.82. The van der Waals surface area contributed by atoms with Crippen molar-refractivity contribution < 1.29 is 9.53 Å². The fourth-order valence-electron chi connectivity index (χ4n) is 1.23. The number of hydrogen-bond acceptors (Lipinski definition) is 2. The normalized spacial score (nSPS) is 33.3. The molecule has 0 aromatic heterocycles.